The third-order valence-electron chi connectivity index (χ3n) is 4.43. The largest absolute Gasteiger partial charge is 0.348 e. The number of hydrogen-bond donors (Lipinski definition) is 1. The summed E-state index contributed by atoms with van der Waals surface area (Å²) in [6.45, 7) is 8.51. The molecule has 5 heteroatoms. The Morgan fingerprint density at radius 2 is 2.05 bits per heavy atom. The molecule has 1 aromatic rings. The van der Waals surface area contributed by atoms with E-state index in [1.807, 2.05) is 13.8 Å². The maximum absolute atomic E-state index is 12.4. The van der Waals surface area contributed by atoms with Crippen LogP contribution in [0, 0.1) is 11.8 Å². The van der Waals surface area contributed by atoms with Gasteiger partial charge in [-0.15, -0.1) is 0 Å². The number of carbonyl (C=O) groups excluding carboxylic acids is 1. The van der Waals surface area contributed by atoms with Gasteiger partial charge in [0.05, 0.1) is 11.2 Å². The molecule has 1 fully saturated rings. The number of carbonyl (C=O) groups is 1. The predicted molar refractivity (Wildman–Crippen MR) is 84.6 cm³/mol. The van der Waals surface area contributed by atoms with E-state index in [0.717, 1.165) is 25.2 Å². The van der Waals surface area contributed by atoms with Crippen LogP contribution in [-0.2, 0) is 0 Å². The van der Waals surface area contributed by atoms with Crippen LogP contribution in [-0.4, -0.2) is 21.9 Å². The highest BCUT2D eigenvalue weighted by Crippen LogP contribution is 2.29. The molecule has 0 bridgehead atoms. The molecule has 21 heavy (non-hydrogen) atoms. The first-order valence-corrected chi connectivity index (χ1v) is 8.09. The minimum absolute atomic E-state index is 0.171. The fourth-order valence-electron chi connectivity index (χ4n) is 2.75. The van der Waals surface area contributed by atoms with Gasteiger partial charge < -0.3 is 5.32 Å². The van der Waals surface area contributed by atoms with Crippen molar-refractivity contribution < 1.29 is 4.79 Å². The Hall–Kier alpha value is -1.16. The molecule has 2 rings (SSSR count). The van der Waals surface area contributed by atoms with E-state index >= 15 is 0 Å². The Labute approximate surface area is 131 Å². The zero-order chi connectivity index (χ0) is 15.6. The van der Waals surface area contributed by atoms with E-state index in [1.165, 1.54) is 6.20 Å². The lowest BCUT2D eigenvalue weighted by atomic mass is 9.79. The average molecular weight is 310 g/mol. The lowest BCUT2D eigenvalue weighted by molar-refractivity contribution is 0.0905. The van der Waals surface area contributed by atoms with Gasteiger partial charge in [-0.1, -0.05) is 39.3 Å². The summed E-state index contributed by atoms with van der Waals surface area (Å²) in [4.78, 5) is 20.9. The van der Waals surface area contributed by atoms with Crippen LogP contribution in [0.25, 0.3) is 0 Å². The lowest BCUT2D eigenvalue weighted by Gasteiger charge is -2.32. The predicted octanol–water partition coefficient (Wildman–Crippen LogP) is 3.81. The van der Waals surface area contributed by atoms with Crippen LogP contribution in [0.4, 0.5) is 0 Å². The monoisotopic (exact) mass is 309 g/mol. The quantitative estimate of drug-likeness (QED) is 0.923. The molecule has 116 valence electrons. The summed E-state index contributed by atoms with van der Waals surface area (Å²) in [5, 5.41) is 3.39. The minimum Gasteiger partial charge on any atom is -0.348 e. The van der Waals surface area contributed by atoms with Crippen molar-refractivity contribution >= 4 is 17.5 Å². The zero-order valence-electron chi connectivity index (χ0n) is 13.2. The molecular weight excluding hydrogens is 286 g/mol. The molecule has 1 aliphatic carbocycles. The summed E-state index contributed by atoms with van der Waals surface area (Å²) in [5.74, 6) is 2.00. The van der Waals surface area contributed by atoms with Gasteiger partial charge in [0.1, 0.15) is 11.5 Å². The van der Waals surface area contributed by atoms with Crippen molar-refractivity contribution in [3.63, 3.8) is 0 Å². The Morgan fingerprint density at radius 3 is 2.67 bits per heavy atom. The van der Waals surface area contributed by atoms with Crippen molar-refractivity contribution in [1.29, 1.82) is 0 Å². The Kier molecular flexibility index (Phi) is 5.20. The van der Waals surface area contributed by atoms with Gasteiger partial charge in [0.2, 0.25) is 0 Å². The molecule has 0 saturated heterocycles. The molecule has 1 saturated carbocycles. The molecule has 1 aromatic heterocycles. The topological polar surface area (TPSA) is 54.9 Å². The van der Waals surface area contributed by atoms with E-state index in [1.54, 1.807) is 0 Å². The second kappa shape index (κ2) is 6.73. The molecule has 0 aliphatic heterocycles. The lowest BCUT2D eigenvalue weighted by Crippen LogP contribution is -2.40. The van der Waals surface area contributed by atoms with E-state index in [-0.39, 0.29) is 17.9 Å². The SMILES string of the molecule is CC(C)c1ncc(Cl)c(C(=O)NC2CCC(C)C(C)C2)n1. The second-order valence-electron chi connectivity index (χ2n) is 6.52. The Balaban J connectivity index is 2.08. The number of halogens is 1. The van der Waals surface area contributed by atoms with Crippen molar-refractivity contribution in [2.45, 2.75) is 58.9 Å². The maximum atomic E-state index is 12.4. The fourth-order valence-corrected chi connectivity index (χ4v) is 2.93. The molecular formula is C16H24ClN3O. The summed E-state index contributed by atoms with van der Waals surface area (Å²) >= 11 is 6.08. The van der Waals surface area contributed by atoms with Crippen LogP contribution < -0.4 is 5.32 Å². The third-order valence-corrected chi connectivity index (χ3v) is 4.70. The van der Waals surface area contributed by atoms with Crippen molar-refractivity contribution in [1.82, 2.24) is 15.3 Å². The van der Waals surface area contributed by atoms with Gasteiger partial charge in [-0.3, -0.25) is 4.79 Å². The number of amides is 1. The van der Waals surface area contributed by atoms with Gasteiger partial charge in [0.25, 0.3) is 5.91 Å². The number of hydrogen-bond acceptors (Lipinski definition) is 3. The van der Waals surface area contributed by atoms with E-state index in [0.29, 0.717) is 22.5 Å². The van der Waals surface area contributed by atoms with Crippen molar-refractivity contribution in [2.75, 3.05) is 0 Å². The van der Waals surface area contributed by atoms with Gasteiger partial charge >= 0.3 is 0 Å². The summed E-state index contributed by atoms with van der Waals surface area (Å²) < 4.78 is 0. The molecule has 1 N–H and O–H groups in total. The van der Waals surface area contributed by atoms with E-state index in [2.05, 4.69) is 29.1 Å². The number of nitrogens with one attached hydrogen (secondary N) is 1. The Bertz CT molecular complexity index is 518. The summed E-state index contributed by atoms with van der Waals surface area (Å²) in [6.07, 6.45) is 4.72. The van der Waals surface area contributed by atoms with Crippen molar-refractivity contribution in [3.05, 3.63) is 22.7 Å². The highest BCUT2D eigenvalue weighted by atomic mass is 35.5. The molecule has 1 aliphatic rings. The summed E-state index contributed by atoms with van der Waals surface area (Å²) in [5.41, 5.74) is 0.293. The smallest absolute Gasteiger partial charge is 0.271 e. The van der Waals surface area contributed by atoms with Gasteiger partial charge in [-0.25, -0.2) is 9.97 Å². The molecule has 0 spiro atoms. The van der Waals surface area contributed by atoms with Crippen LogP contribution in [0.15, 0.2) is 6.20 Å². The standard InChI is InChI=1S/C16H24ClN3O/c1-9(2)15-18-8-13(17)14(20-15)16(21)19-12-6-5-10(3)11(4)7-12/h8-12H,5-7H2,1-4H3,(H,19,21). The van der Waals surface area contributed by atoms with Crippen LogP contribution in [0.5, 0.6) is 0 Å². The molecule has 1 heterocycles. The number of aromatic nitrogens is 2. The van der Waals surface area contributed by atoms with Gasteiger partial charge in [-0.05, 0) is 31.1 Å². The van der Waals surface area contributed by atoms with Crippen LogP contribution >= 0.6 is 11.6 Å². The summed E-state index contributed by atoms with van der Waals surface area (Å²) in [7, 11) is 0. The van der Waals surface area contributed by atoms with Gasteiger partial charge in [0.15, 0.2) is 0 Å². The molecule has 0 aromatic carbocycles. The van der Waals surface area contributed by atoms with Crippen LogP contribution in [0.2, 0.25) is 5.02 Å². The van der Waals surface area contributed by atoms with Crippen molar-refractivity contribution in [2.24, 2.45) is 11.8 Å². The van der Waals surface area contributed by atoms with Crippen LogP contribution in [0.3, 0.4) is 0 Å². The second-order valence-corrected chi connectivity index (χ2v) is 6.92. The molecule has 4 nitrogen and oxygen atoms in total. The highest BCUT2D eigenvalue weighted by molar-refractivity contribution is 6.33. The summed E-state index contributed by atoms with van der Waals surface area (Å²) in [6, 6.07) is 0.220. The average Bonchev–Trinajstić information content (AvgIpc) is 2.43. The first-order valence-electron chi connectivity index (χ1n) is 7.71. The van der Waals surface area contributed by atoms with E-state index in [9.17, 15) is 4.79 Å². The number of nitrogens with zero attached hydrogens (tertiary/aromatic N) is 2. The van der Waals surface area contributed by atoms with E-state index in [4.69, 9.17) is 11.6 Å². The molecule has 3 unspecified atom stereocenters. The highest BCUT2D eigenvalue weighted by Gasteiger charge is 2.26. The first-order chi connectivity index (χ1) is 9.88. The van der Waals surface area contributed by atoms with Crippen molar-refractivity contribution in [3.8, 4) is 0 Å². The van der Waals surface area contributed by atoms with Crippen LogP contribution in [0.1, 0.15) is 69.2 Å². The first kappa shape index (κ1) is 16.2. The normalized spacial score (nSPS) is 25.9. The molecule has 1 amide bonds. The third kappa shape index (κ3) is 3.94. The van der Waals surface area contributed by atoms with Gasteiger partial charge in [-0.2, -0.15) is 0 Å². The Morgan fingerprint density at radius 1 is 1.33 bits per heavy atom. The van der Waals surface area contributed by atoms with E-state index < -0.39 is 0 Å². The maximum Gasteiger partial charge on any atom is 0.271 e. The minimum atomic E-state index is -0.184. The zero-order valence-corrected chi connectivity index (χ0v) is 13.9. The molecule has 0 radical (unpaired) electrons. The number of rotatable bonds is 3. The fraction of sp³-hybridized carbons (Fsp3) is 0.688. The van der Waals surface area contributed by atoms with Gasteiger partial charge in [0, 0.05) is 12.0 Å². The molecule has 3 atom stereocenters.